The third-order valence-corrected chi connectivity index (χ3v) is 4.99. The fourth-order valence-corrected chi connectivity index (χ4v) is 3.99. The molecule has 2 rings (SSSR count). The molecule has 0 amide bonds. The Bertz CT molecular complexity index is 501. The maximum absolute atomic E-state index is 11.3. The topological polar surface area (TPSA) is 29.1 Å². The lowest BCUT2D eigenvalue weighted by atomic mass is 9.85. The van der Waals surface area contributed by atoms with E-state index in [9.17, 15) is 4.21 Å². The molecule has 1 aromatic rings. The van der Waals surface area contributed by atoms with E-state index in [0.29, 0.717) is 5.75 Å². The van der Waals surface area contributed by atoms with Crippen molar-refractivity contribution < 1.29 is 4.21 Å². The van der Waals surface area contributed by atoms with E-state index in [2.05, 4.69) is 38.2 Å². The van der Waals surface area contributed by atoms with Gasteiger partial charge in [-0.2, -0.15) is 0 Å². The highest BCUT2D eigenvalue weighted by molar-refractivity contribution is 7.84. The second-order valence-corrected chi connectivity index (χ2v) is 8.17. The highest BCUT2D eigenvalue weighted by Gasteiger charge is 2.39. The Labute approximate surface area is 123 Å². The lowest BCUT2D eigenvalue weighted by molar-refractivity contribution is 0.256. The van der Waals surface area contributed by atoms with Crippen LogP contribution < -0.4 is 5.32 Å². The van der Waals surface area contributed by atoms with E-state index in [1.165, 1.54) is 11.1 Å². The summed E-state index contributed by atoms with van der Waals surface area (Å²) in [6, 6.07) is 6.67. The van der Waals surface area contributed by atoms with Crippen molar-refractivity contribution in [2.45, 2.75) is 39.3 Å². The van der Waals surface area contributed by atoms with Gasteiger partial charge in [0.2, 0.25) is 0 Å². The van der Waals surface area contributed by atoms with Crippen molar-refractivity contribution in [3.63, 3.8) is 0 Å². The van der Waals surface area contributed by atoms with Crippen LogP contribution in [0.5, 0.6) is 0 Å². The summed E-state index contributed by atoms with van der Waals surface area (Å²) in [5.41, 5.74) is 2.83. The maximum atomic E-state index is 11.3. The van der Waals surface area contributed by atoms with Crippen LogP contribution in [0.2, 0.25) is 5.02 Å². The van der Waals surface area contributed by atoms with Gasteiger partial charge in [-0.15, -0.1) is 0 Å². The van der Waals surface area contributed by atoms with Gasteiger partial charge >= 0.3 is 0 Å². The van der Waals surface area contributed by atoms with E-state index in [1.807, 2.05) is 6.07 Å². The number of fused-ring (bicyclic) bond motifs is 1. The van der Waals surface area contributed by atoms with Crippen molar-refractivity contribution in [2.24, 2.45) is 5.41 Å². The second-order valence-electron chi connectivity index (χ2n) is 6.25. The van der Waals surface area contributed by atoms with Gasteiger partial charge in [0, 0.05) is 39.9 Å². The molecule has 1 aromatic carbocycles. The average molecular weight is 300 g/mol. The van der Waals surface area contributed by atoms with Crippen molar-refractivity contribution in [3.8, 4) is 0 Å². The molecule has 0 saturated heterocycles. The van der Waals surface area contributed by atoms with Crippen LogP contribution in [0.3, 0.4) is 0 Å². The minimum atomic E-state index is -0.771. The van der Waals surface area contributed by atoms with Gasteiger partial charge in [0.25, 0.3) is 0 Å². The van der Waals surface area contributed by atoms with Gasteiger partial charge in [0.1, 0.15) is 0 Å². The monoisotopic (exact) mass is 299 g/mol. The zero-order valence-electron chi connectivity index (χ0n) is 12.0. The largest absolute Gasteiger partial charge is 0.306 e. The molecule has 1 aliphatic rings. The van der Waals surface area contributed by atoms with Gasteiger partial charge in [-0.25, -0.2) is 0 Å². The highest BCUT2D eigenvalue weighted by Crippen LogP contribution is 2.46. The summed E-state index contributed by atoms with van der Waals surface area (Å²) in [4.78, 5) is 0. The van der Waals surface area contributed by atoms with E-state index < -0.39 is 10.8 Å². The van der Waals surface area contributed by atoms with E-state index in [1.54, 1.807) is 6.26 Å². The molecule has 1 aliphatic carbocycles. The quantitative estimate of drug-likeness (QED) is 0.924. The highest BCUT2D eigenvalue weighted by atomic mass is 35.5. The van der Waals surface area contributed by atoms with Gasteiger partial charge in [-0.05, 0) is 42.0 Å². The van der Waals surface area contributed by atoms with E-state index in [-0.39, 0.29) is 17.5 Å². The molecule has 4 heteroatoms. The zero-order chi connectivity index (χ0) is 14.2. The van der Waals surface area contributed by atoms with E-state index in [0.717, 1.165) is 11.4 Å². The first kappa shape index (κ1) is 15.0. The third kappa shape index (κ3) is 3.39. The molecule has 19 heavy (non-hydrogen) atoms. The van der Waals surface area contributed by atoms with Crippen LogP contribution in [0.15, 0.2) is 18.2 Å². The summed E-state index contributed by atoms with van der Waals surface area (Å²) in [7, 11) is -0.771. The minimum Gasteiger partial charge on any atom is -0.306 e. The summed E-state index contributed by atoms with van der Waals surface area (Å²) in [6.07, 6.45) is 2.81. The summed E-state index contributed by atoms with van der Waals surface area (Å²) in [5.74, 6) is 0.683. The Morgan fingerprint density at radius 3 is 2.84 bits per heavy atom. The standard InChI is InChI=1S/C15H22ClNOS/c1-10(9-19(4)18)17-14-13-7-12(16)6-5-11(13)8-15(14,2)3/h5-7,10,14,17H,8-9H2,1-4H3. The SMILES string of the molecule is CC(CS(C)=O)NC1c2cc(Cl)ccc2CC1(C)C. The molecule has 106 valence electrons. The summed E-state index contributed by atoms with van der Waals surface area (Å²) in [6.45, 7) is 6.64. The normalized spacial score (nSPS) is 23.9. The first-order valence-corrected chi connectivity index (χ1v) is 8.74. The molecule has 0 fully saturated rings. The van der Waals surface area contributed by atoms with Crippen molar-refractivity contribution in [1.29, 1.82) is 0 Å². The first-order valence-electron chi connectivity index (χ1n) is 6.64. The van der Waals surface area contributed by atoms with Crippen LogP contribution in [0.4, 0.5) is 0 Å². The number of benzene rings is 1. The van der Waals surface area contributed by atoms with Crippen molar-refractivity contribution in [2.75, 3.05) is 12.0 Å². The number of hydrogen-bond donors (Lipinski definition) is 1. The molecule has 3 atom stereocenters. The molecule has 0 saturated carbocycles. The fourth-order valence-electron chi connectivity index (χ4n) is 3.01. The third-order valence-electron chi connectivity index (χ3n) is 3.78. The molecule has 0 aromatic heterocycles. The average Bonchev–Trinajstić information content (AvgIpc) is 2.50. The first-order chi connectivity index (χ1) is 8.79. The van der Waals surface area contributed by atoms with E-state index in [4.69, 9.17) is 11.6 Å². The van der Waals surface area contributed by atoms with Crippen LogP contribution in [-0.4, -0.2) is 22.3 Å². The van der Waals surface area contributed by atoms with Crippen molar-refractivity contribution in [3.05, 3.63) is 34.3 Å². The lowest BCUT2D eigenvalue weighted by Crippen LogP contribution is -2.39. The van der Waals surface area contributed by atoms with Gasteiger partial charge in [-0.3, -0.25) is 4.21 Å². The van der Waals surface area contributed by atoms with Crippen LogP contribution in [-0.2, 0) is 17.2 Å². The fraction of sp³-hybridized carbons (Fsp3) is 0.600. The summed E-state index contributed by atoms with van der Waals surface area (Å²) < 4.78 is 11.3. The van der Waals surface area contributed by atoms with Gasteiger partial charge in [-0.1, -0.05) is 31.5 Å². The molecule has 0 radical (unpaired) electrons. The molecule has 2 nitrogen and oxygen atoms in total. The predicted octanol–water partition coefficient (Wildman–Crippen LogP) is 3.32. The molecule has 0 spiro atoms. The minimum absolute atomic E-state index is 0.163. The van der Waals surface area contributed by atoms with E-state index >= 15 is 0 Å². The zero-order valence-corrected chi connectivity index (χ0v) is 13.6. The lowest BCUT2D eigenvalue weighted by Gasteiger charge is -2.31. The van der Waals surface area contributed by atoms with Gasteiger partial charge < -0.3 is 5.32 Å². The van der Waals surface area contributed by atoms with Crippen LogP contribution in [0, 0.1) is 5.41 Å². The van der Waals surface area contributed by atoms with Crippen molar-refractivity contribution >= 4 is 22.4 Å². The maximum Gasteiger partial charge on any atom is 0.0409 e. The van der Waals surface area contributed by atoms with Crippen LogP contribution in [0.25, 0.3) is 0 Å². The molecule has 0 bridgehead atoms. The van der Waals surface area contributed by atoms with Crippen molar-refractivity contribution in [1.82, 2.24) is 5.32 Å². The molecule has 3 unspecified atom stereocenters. The van der Waals surface area contributed by atoms with Crippen LogP contribution in [0.1, 0.15) is 37.9 Å². The molecule has 0 heterocycles. The molecular weight excluding hydrogens is 278 g/mol. The Morgan fingerprint density at radius 1 is 1.53 bits per heavy atom. The molecule has 0 aliphatic heterocycles. The number of rotatable bonds is 4. The molecular formula is C15H22ClNOS. The second kappa shape index (κ2) is 5.55. The predicted molar refractivity (Wildman–Crippen MR) is 83.2 cm³/mol. The Balaban J connectivity index is 2.24. The van der Waals surface area contributed by atoms with Gasteiger partial charge in [0.15, 0.2) is 0 Å². The Kier molecular flexibility index (Phi) is 4.38. The molecule has 1 N–H and O–H groups in total. The Hall–Kier alpha value is -0.380. The number of hydrogen-bond acceptors (Lipinski definition) is 2. The Morgan fingerprint density at radius 2 is 2.21 bits per heavy atom. The smallest absolute Gasteiger partial charge is 0.0409 e. The van der Waals surface area contributed by atoms with Gasteiger partial charge in [0.05, 0.1) is 0 Å². The summed E-state index contributed by atoms with van der Waals surface area (Å²) >= 11 is 6.13. The summed E-state index contributed by atoms with van der Waals surface area (Å²) in [5, 5.41) is 4.42. The van der Waals surface area contributed by atoms with Crippen LogP contribution >= 0.6 is 11.6 Å². The number of halogens is 1. The number of nitrogens with one attached hydrogen (secondary N) is 1.